The first-order valence-electron chi connectivity index (χ1n) is 7.10. The molecule has 0 spiro atoms. The fourth-order valence-electron chi connectivity index (χ4n) is 2.16. The lowest BCUT2D eigenvalue weighted by atomic mass is 10.1. The Morgan fingerprint density at radius 2 is 1.78 bits per heavy atom. The van der Waals surface area contributed by atoms with Crippen molar-refractivity contribution in [3.63, 3.8) is 0 Å². The summed E-state index contributed by atoms with van der Waals surface area (Å²) in [5, 5.41) is 13.4. The number of anilines is 1. The van der Waals surface area contributed by atoms with Crippen molar-refractivity contribution in [2.75, 3.05) is 5.32 Å². The smallest absolute Gasteiger partial charge is 0.272 e. The van der Waals surface area contributed by atoms with E-state index in [0.717, 1.165) is 0 Å². The van der Waals surface area contributed by atoms with Crippen LogP contribution in [-0.4, -0.2) is 16.6 Å². The largest absolute Gasteiger partial charge is 0.326 e. The molecule has 0 heterocycles. The molecule has 6 nitrogen and oxygen atoms in total. The Labute approximate surface area is 133 Å². The van der Waals surface area contributed by atoms with Crippen molar-refractivity contribution in [2.45, 2.75) is 19.8 Å². The molecule has 0 aromatic heterocycles. The van der Waals surface area contributed by atoms with Gasteiger partial charge in [0, 0.05) is 35.7 Å². The molecule has 0 radical (unpaired) electrons. The predicted molar refractivity (Wildman–Crippen MR) is 86.5 cm³/mol. The van der Waals surface area contributed by atoms with Crippen LogP contribution in [0.5, 0.6) is 0 Å². The van der Waals surface area contributed by atoms with Gasteiger partial charge in [0.15, 0.2) is 5.78 Å². The van der Waals surface area contributed by atoms with Crippen LogP contribution in [0.1, 0.15) is 28.8 Å². The number of carbonyl (C=O) groups excluding carboxylic acids is 2. The lowest BCUT2D eigenvalue weighted by molar-refractivity contribution is -0.385. The molecule has 23 heavy (non-hydrogen) atoms. The van der Waals surface area contributed by atoms with Crippen LogP contribution in [0, 0.1) is 17.0 Å². The third kappa shape index (κ3) is 4.47. The number of ketones is 1. The summed E-state index contributed by atoms with van der Waals surface area (Å²) in [4.78, 5) is 34.1. The average Bonchev–Trinajstić information content (AvgIpc) is 2.53. The Morgan fingerprint density at radius 1 is 1.09 bits per heavy atom. The van der Waals surface area contributed by atoms with Crippen molar-refractivity contribution in [1.82, 2.24) is 0 Å². The molecule has 0 atom stereocenters. The maximum absolute atomic E-state index is 11.9. The van der Waals surface area contributed by atoms with Gasteiger partial charge in [0.05, 0.1) is 4.92 Å². The summed E-state index contributed by atoms with van der Waals surface area (Å²) in [6.07, 6.45) is 0.172. The number of rotatable bonds is 6. The minimum Gasteiger partial charge on any atom is -0.326 e. The number of carbonyl (C=O) groups is 2. The number of nitrogens with one attached hydrogen (secondary N) is 1. The highest BCUT2D eigenvalue weighted by molar-refractivity contribution is 6.00. The zero-order chi connectivity index (χ0) is 16.8. The van der Waals surface area contributed by atoms with E-state index in [0.29, 0.717) is 16.8 Å². The van der Waals surface area contributed by atoms with E-state index in [1.807, 2.05) is 6.07 Å². The molecule has 0 aliphatic carbocycles. The van der Waals surface area contributed by atoms with Gasteiger partial charge in [-0.1, -0.05) is 30.3 Å². The van der Waals surface area contributed by atoms with Crippen LogP contribution >= 0.6 is 0 Å². The number of hydrogen-bond donors (Lipinski definition) is 1. The van der Waals surface area contributed by atoms with Gasteiger partial charge in [-0.3, -0.25) is 19.7 Å². The molecule has 0 aliphatic rings. The average molecular weight is 312 g/mol. The van der Waals surface area contributed by atoms with Crippen LogP contribution in [-0.2, 0) is 4.79 Å². The third-order valence-electron chi connectivity index (χ3n) is 3.35. The molecule has 0 aliphatic heterocycles. The molecule has 0 saturated heterocycles. The van der Waals surface area contributed by atoms with Gasteiger partial charge in [-0.15, -0.1) is 0 Å². The van der Waals surface area contributed by atoms with Crippen molar-refractivity contribution in [3.8, 4) is 0 Å². The molecule has 1 amide bonds. The van der Waals surface area contributed by atoms with E-state index in [1.54, 1.807) is 31.2 Å². The molecule has 0 saturated carbocycles. The van der Waals surface area contributed by atoms with Gasteiger partial charge in [-0.05, 0) is 19.1 Å². The number of nitrogens with zero attached hydrogens (tertiary/aromatic N) is 1. The van der Waals surface area contributed by atoms with Gasteiger partial charge in [-0.25, -0.2) is 0 Å². The monoisotopic (exact) mass is 312 g/mol. The zero-order valence-electron chi connectivity index (χ0n) is 12.6. The van der Waals surface area contributed by atoms with E-state index in [9.17, 15) is 19.7 Å². The maximum atomic E-state index is 11.9. The van der Waals surface area contributed by atoms with Gasteiger partial charge in [-0.2, -0.15) is 0 Å². The molecule has 2 aromatic rings. The molecular weight excluding hydrogens is 296 g/mol. The Kier molecular flexibility index (Phi) is 5.19. The number of hydrogen-bond acceptors (Lipinski definition) is 4. The summed E-state index contributed by atoms with van der Waals surface area (Å²) in [6.45, 7) is 1.60. The summed E-state index contributed by atoms with van der Waals surface area (Å²) in [5.74, 6) is -0.400. The van der Waals surface area contributed by atoms with E-state index in [4.69, 9.17) is 0 Å². The number of amides is 1. The van der Waals surface area contributed by atoms with E-state index in [-0.39, 0.29) is 30.2 Å². The van der Waals surface area contributed by atoms with Gasteiger partial charge in [0.2, 0.25) is 5.91 Å². The quantitative estimate of drug-likeness (QED) is 0.502. The fourth-order valence-corrected chi connectivity index (χ4v) is 2.16. The highest BCUT2D eigenvalue weighted by atomic mass is 16.6. The van der Waals surface area contributed by atoms with E-state index >= 15 is 0 Å². The standard InChI is InChI=1S/C17H16N2O4/c1-12-11-14(7-8-15(12)19(22)23)18-17(21)10-9-16(20)13-5-3-2-4-6-13/h2-8,11H,9-10H2,1H3,(H,18,21). The molecule has 2 rings (SSSR count). The summed E-state index contributed by atoms with van der Waals surface area (Å²) in [5.41, 5.74) is 1.52. The van der Waals surface area contributed by atoms with Crippen LogP contribution in [0.2, 0.25) is 0 Å². The number of aryl methyl sites for hydroxylation is 1. The number of nitro benzene ring substituents is 1. The lowest BCUT2D eigenvalue weighted by Gasteiger charge is -2.06. The number of Topliss-reactive ketones (excluding diaryl/α,β-unsaturated/α-hetero) is 1. The van der Waals surface area contributed by atoms with Gasteiger partial charge in [0.25, 0.3) is 5.69 Å². The Balaban J connectivity index is 1.91. The summed E-state index contributed by atoms with van der Waals surface area (Å²) < 4.78 is 0. The van der Waals surface area contributed by atoms with Crippen molar-refractivity contribution in [3.05, 3.63) is 69.8 Å². The van der Waals surface area contributed by atoms with Crippen LogP contribution < -0.4 is 5.32 Å². The van der Waals surface area contributed by atoms with Crippen molar-refractivity contribution in [2.24, 2.45) is 0 Å². The molecule has 118 valence electrons. The first-order valence-corrected chi connectivity index (χ1v) is 7.10. The third-order valence-corrected chi connectivity index (χ3v) is 3.35. The van der Waals surface area contributed by atoms with E-state index in [2.05, 4.69) is 5.32 Å². The normalized spacial score (nSPS) is 10.1. The summed E-state index contributed by atoms with van der Waals surface area (Å²) in [6, 6.07) is 13.1. The first-order chi connectivity index (χ1) is 11.0. The zero-order valence-corrected chi connectivity index (χ0v) is 12.6. The fraction of sp³-hybridized carbons (Fsp3) is 0.176. The second kappa shape index (κ2) is 7.31. The molecule has 2 aromatic carbocycles. The molecule has 0 unspecified atom stereocenters. The number of benzene rings is 2. The molecular formula is C17H16N2O4. The van der Waals surface area contributed by atoms with Crippen LogP contribution in [0.3, 0.4) is 0 Å². The maximum Gasteiger partial charge on any atom is 0.272 e. The van der Waals surface area contributed by atoms with E-state index < -0.39 is 4.92 Å². The van der Waals surface area contributed by atoms with Crippen molar-refractivity contribution in [1.29, 1.82) is 0 Å². The minimum atomic E-state index is -0.473. The van der Waals surface area contributed by atoms with Crippen molar-refractivity contribution < 1.29 is 14.5 Å². The second-order valence-corrected chi connectivity index (χ2v) is 5.10. The Bertz CT molecular complexity index is 742. The molecule has 6 heteroatoms. The molecule has 0 bridgehead atoms. The van der Waals surface area contributed by atoms with Crippen LogP contribution in [0.4, 0.5) is 11.4 Å². The number of nitro groups is 1. The Hall–Kier alpha value is -3.02. The topological polar surface area (TPSA) is 89.3 Å². The first kappa shape index (κ1) is 16.4. The van der Waals surface area contributed by atoms with Crippen LogP contribution in [0.15, 0.2) is 48.5 Å². The van der Waals surface area contributed by atoms with Gasteiger partial charge < -0.3 is 5.32 Å². The summed E-state index contributed by atoms with van der Waals surface area (Å²) >= 11 is 0. The second-order valence-electron chi connectivity index (χ2n) is 5.10. The highest BCUT2D eigenvalue weighted by Gasteiger charge is 2.12. The SMILES string of the molecule is Cc1cc(NC(=O)CCC(=O)c2ccccc2)ccc1[N+](=O)[O-]. The van der Waals surface area contributed by atoms with Crippen molar-refractivity contribution >= 4 is 23.1 Å². The highest BCUT2D eigenvalue weighted by Crippen LogP contribution is 2.21. The van der Waals surface area contributed by atoms with Crippen LogP contribution in [0.25, 0.3) is 0 Å². The molecule has 1 N–H and O–H groups in total. The summed E-state index contributed by atoms with van der Waals surface area (Å²) in [7, 11) is 0. The van der Waals surface area contributed by atoms with Gasteiger partial charge in [0.1, 0.15) is 0 Å². The minimum absolute atomic E-state index is 0.00209. The van der Waals surface area contributed by atoms with E-state index in [1.165, 1.54) is 18.2 Å². The predicted octanol–water partition coefficient (Wildman–Crippen LogP) is 3.50. The Morgan fingerprint density at radius 3 is 2.39 bits per heavy atom. The van der Waals surface area contributed by atoms with Gasteiger partial charge >= 0.3 is 0 Å². The lowest BCUT2D eigenvalue weighted by Crippen LogP contribution is -2.13. The molecule has 0 fully saturated rings.